The van der Waals surface area contributed by atoms with E-state index in [9.17, 15) is 9.59 Å². The number of carbonyl (C=O) groups excluding carboxylic acids is 2. The first-order valence-corrected chi connectivity index (χ1v) is 7.19. The zero-order chi connectivity index (χ0) is 15.3. The molecule has 0 N–H and O–H groups in total. The first kappa shape index (κ1) is 16.7. The van der Waals surface area contributed by atoms with Crippen LogP contribution in [0.2, 0.25) is 0 Å². The zero-order valence-electron chi connectivity index (χ0n) is 12.1. The van der Waals surface area contributed by atoms with Gasteiger partial charge in [0.25, 0.3) is 0 Å². The van der Waals surface area contributed by atoms with Crippen molar-refractivity contribution in [3.05, 3.63) is 34.3 Å². The highest BCUT2D eigenvalue weighted by Gasteiger charge is 2.33. The fourth-order valence-electron chi connectivity index (χ4n) is 1.61. The summed E-state index contributed by atoms with van der Waals surface area (Å²) in [7, 11) is 0. The number of halogens is 1. The maximum Gasteiger partial charge on any atom is 0.325 e. The monoisotopic (exact) mass is 342 g/mol. The van der Waals surface area contributed by atoms with Crippen LogP contribution in [0.15, 0.2) is 28.7 Å². The molecule has 0 fully saturated rings. The van der Waals surface area contributed by atoms with Crippen LogP contribution in [-0.2, 0) is 19.1 Å². The van der Waals surface area contributed by atoms with E-state index in [1.807, 2.05) is 0 Å². The molecule has 1 aromatic carbocycles. The van der Waals surface area contributed by atoms with Crippen LogP contribution in [-0.4, -0.2) is 24.1 Å². The van der Waals surface area contributed by atoms with E-state index < -0.39 is 23.5 Å². The van der Waals surface area contributed by atoms with E-state index in [0.717, 1.165) is 4.47 Å². The molecule has 5 heteroatoms. The molecule has 1 rings (SSSR count). The Bertz CT molecular complexity index is 474. The molecule has 0 saturated heterocycles. The number of hydrogen-bond donors (Lipinski definition) is 0. The van der Waals surface area contributed by atoms with Gasteiger partial charge in [0, 0.05) is 4.47 Å². The molecule has 1 unspecified atom stereocenters. The molecule has 0 radical (unpaired) electrons. The minimum Gasteiger partial charge on any atom is -0.465 e. The van der Waals surface area contributed by atoms with Crippen molar-refractivity contribution in [2.45, 2.75) is 39.2 Å². The Kier molecular flexibility index (Phi) is 5.74. The Morgan fingerprint density at radius 3 is 2.15 bits per heavy atom. The highest BCUT2D eigenvalue weighted by atomic mass is 79.9. The van der Waals surface area contributed by atoms with Crippen molar-refractivity contribution in [3.8, 4) is 0 Å². The maximum absolute atomic E-state index is 12.2. The molecule has 0 aliphatic carbocycles. The Morgan fingerprint density at radius 1 is 1.15 bits per heavy atom. The molecule has 0 bridgehead atoms. The predicted octanol–water partition coefficient (Wildman–Crippen LogP) is 3.44. The van der Waals surface area contributed by atoms with Crippen LogP contribution in [0.3, 0.4) is 0 Å². The summed E-state index contributed by atoms with van der Waals surface area (Å²) < 4.78 is 11.1. The highest BCUT2D eigenvalue weighted by molar-refractivity contribution is 9.10. The van der Waals surface area contributed by atoms with Crippen molar-refractivity contribution >= 4 is 27.9 Å². The Labute approximate surface area is 127 Å². The topological polar surface area (TPSA) is 52.6 Å². The van der Waals surface area contributed by atoms with Crippen molar-refractivity contribution in [1.29, 1.82) is 0 Å². The van der Waals surface area contributed by atoms with Gasteiger partial charge >= 0.3 is 11.9 Å². The van der Waals surface area contributed by atoms with Gasteiger partial charge < -0.3 is 9.47 Å². The van der Waals surface area contributed by atoms with E-state index in [-0.39, 0.29) is 6.61 Å². The van der Waals surface area contributed by atoms with E-state index in [1.165, 1.54) is 0 Å². The largest absolute Gasteiger partial charge is 0.465 e. The quantitative estimate of drug-likeness (QED) is 0.621. The fourth-order valence-corrected chi connectivity index (χ4v) is 1.87. The van der Waals surface area contributed by atoms with Gasteiger partial charge in [-0.1, -0.05) is 28.1 Å². The van der Waals surface area contributed by atoms with Crippen molar-refractivity contribution in [2.24, 2.45) is 0 Å². The fraction of sp³-hybridized carbons (Fsp3) is 0.467. The van der Waals surface area contributed by atoms with Crippen LogP contribution < -0.4 is 0 Å². The lowest BCUT2D eigenvalue weighted by Gasteiger charge is -2.23. The average molecular weight is 343 g/mol. The number of hydrogen-bond acceptors (Lipinski definition) is 4. The summed E-state index contributed by atoms with van der Waals surface area (Å²) in [5.74, 6) is -2.25. The molecular weight excluding hydrogens is 324 g/mol. The first-order valence-electron chi connectivity index (χ1n) is 6.39. The Balaban J connectivity index is 3.05. The van der Waals surface area contributed by atoms with Crippen molar-refractivity contribution < 1.29 is 19.1 Å². The van der Waals surface area contributed by atoms with E-state index in [2.05, 4.69) is 15.9 Å². The van der Waals surface area contributed by atoms with Gasteiger partial charge in [0.05, 0.1) is 6.61 Å². The van der Waals surface area contributed by atoms with Gasteiger partial charge in [-0.3, -0.25) is 9.59 Å². The third-order valence-corrected chi connectivity index (χ3v) is 2.90. The van der Waals surface area contributed by atoms with Crippen molar-refractivity contribution in [3.63, 3.8) is 0 Å². The summed E-state index contributed by atoms with van der Waals surface area (Å²) in [5.41, 5.74) is -0.0992. The van der Waals surface area contributed by atoms with Gasteiger partial charge in [-0.15, -0.1) is 0 Å². The Hall–Kier alpha value is -1.36. The number of rotatable bonds is 4. The minimum atomic E-state index is -1.05. The number of carbonyl (C=O) groups is 2. The van der Waals surface area contributed by atoms with Crippen molar-refractivity contribution in [2.75, 3.05) is 6.61 Å². The van der Waals surface area contributed by atoms with E-state index >= 15 is 0 Å². The Morgan fingerprint density at radius 2 is 1.70 bits per heavy atom. The van der Waals surface area contributed by atoms with Crippen LogP contribution >= 0.6 is 15.9 Å². The molecule has 0 aliphatic heterocycles. The summed E-state index contributed by atoms with van der Waals surface area (Å²) in [6.07, 6.45) is 0. The average Bonchev–Trinajstić information content (AvgIpc) is 2.30. The lowest BCUT2D eigenvalue weighted by atomic mass is 9.99. The first-order chi connectivity index (χ1) is 9.24. The number of ether oxygens (including phenoxy) is 2. The summed E-state index contributed by atoms with van der Waals surface area (Å²) in [5, 5.41) is 0. The lowest BCUT2D eigenvalue weighted by Crippen LogP contribution is -2.32. The van der Waals surface area contributed by atoms with Crippen LogP contribution in [0.4, 0.5) is 0 Å². The zero-order valence-corrected chi connectivity index (χ0v) is 13.7. The molecule has 4 nitrogen and oxygen atoms in total. The molecule has 20 heavy (non-hydrogen) atoms. The summed E-state index contributed by atoms with van der Waals surface area (Å²) in [6, 6.07) is 6.95. The highest BCUT2D eigenvalue weighted by Crippen LogP contribution is 2.24. The molecule has 0 spiro atoms. The second-order valence-corrected chi connectivity index (χ2v) is 6.19. The van der Waals surface area contributed by atoms with E-state index in [4.69, 9.17) is 9.47 Å². The molecule has 0 saturated carbocycles. The molecule has 1 atom stereocenters. The molecule has 0 aromatic heterocycles. The molecule has 0 amide bonds. The second kappa shape index (κ2) is 6.88. The molecule has 110 valence electrons. The van der Waals surface area contributed by atoms with E-state index in [1.54, 1.807) is 52.0 Å². The van der Waals surface area contributed by atoms with Crippen LogP contribution in [0.25, 0.3) is 0 Å². The van der Waals surface area contributed by atoms with Gasteiger partial charge in [0.2, 0.25) is 0 Å². The van der Waals surface area contributed by atoms with Gasteiger partial charge in [-0.2, -0.15) is 0 Å². The van der Waals surface area contributed by atoms with Gasteiger partial charge in [0.15, 0.2) is 5.92 Å². The summed E-state index contributed by atoms with van der Waals surface area (Å²) >= 11 is 3.32. The second-order valence-electron chi connectivity index (χ2n) is 5.27. The normalized spacial score (nSPS) is 12.7. The van der Waals surface area contributed by atoms with E-state index in [0.29, 0.717) is 5.56 Å². The van der Waals surface area contributed by atoms with Gasteiger partial charge in [0.1, 0.15) is 5.60 Å². The van der Waals surface area contributed by atoms with Gasteiger partial charge in [-0.05, 0) is 45.4 Å². The molecule has 1 aromatic rings. The third-order valence-electron chi connectivity index (χ3n) is 2.37. The SMILES string of the molecule is CCOC(=O)C(C(=O)OC(C)(C)C)c1ccc(Br)cc1. The van der Waals surface area contributed by atoms with Crippen LogP contribution in [0, 0.1) is 0 Å². The minimum absolute atomic E-state index is 0.217. The lowest BCUT2D eigenvalue weighted by molar-refractivity contribution is -0.164. The van der Waals surface area contributed by atoms with Gasteiger partial charge in [-0.25, -0.2) is 0 Å². The summed E-state index contributed by atoms with van der Waals surface area (Å²) in [4.78, 5) is 24.2. The number of benzene rings is 1. The van der Waals surface area contributed by atoms with Crippen LogP contribution in [0.1, 0.15) is 39.2 Å². The number of esters is 2. The molecular formula is C15H19BrO4. The molecule has 0 aliphatic rings. The maximum atomic E-state index is 12.2. The van der Waals surface area contributed by atoms with Crippen molar-refractivity contribution in [1.82, 2.24) is 0 Å². The third kappa shape index (κ3) is 4.96. The smallest absolute Gasteiger partial charge is 0.325 e. The standard InChI is InChI=1S/C15H19BrO4/c1-5-19-13(17)12(14(18)20-15(2,3)4)10-6-8-11(16)9-7-10/h6-9,12H,5H2,1-4H3. The predicted molar refractivity (Wildman–Crippen MR) is 79.4 cm³/mol. The summed E-state index contributed by atoms with van der Waals surface area (Å²) in [6.45, 7) is 7.19. The van der Waals surface area contributed by atoms with Crippen LogP contribution in [0.5, 0.6) is 0 Å². The molecule has 0 heterocycles.